The molecule has 1 atom stereocenters. The van der Waals surface area contributed by atoms with Gasteiger partial charge in [-0.05, 0) is 32.6 Å². The first-order chi connectivity index (χ1) is 6.56. The summed E-state index contributed by atoms with van der Waals surface area (Å²) >= 11 is 4.82. The maximum Gasteiger partial charge on any atom is 0.232 e. The smallest absolute Gasteiger partial charge is 0.232 e. The molecule has 0 heterocycles. The Hall–Kier alpha value is -0.640. The fourth-order valence-corrected chi connectivity index (χ4v) is 1.48. The van der Waals surface area contributed by atoms with E-state index >= 15 is 0 Å². The molecule has 1 amide bonds. The molecule has 14 heavy (non-hydrogen) atoms. The summed E-state index contributed by atoms with van der Waals surface area (Å²) in [7, 11) is 0. The van der Waals surface area contributed by atoms with Crippen molar-refractivity contribution >= 4 is 23.1 Å². The summed E-state index contributed by atoms with van der Waals surface area (Å²) in [5, 5.41) is 0. The lowest BCUT2D eigenvalue weighted by Crippen LogP contribution is -2.40. The topological polar surface area (TPSA) is 46.3 Å². The van der Waals surface area contributed by atoms with Crippen LogP contribution >= 0.6 is 12.2 Å². The maximum atomic E-state index is 11.8. The largest absolute Gasteiger partial charge is 0.393 e. The first-order valence-electron chi connectivity index (χ1n) is 5.14. The Morgan fingerprint density at radius 1 is 1.64 bits per heavy atom. The van der Waals surface area contributed by atoms with E-state index in [0.717, 1.165) is 19.0 Å². The Balaban J connectivity index is 2.49. The summed E-state index contributed by atoms with van der Waals surface area (Å²) < 4.78 is 0. The van der Waals surface area contributed by atoms with Crippen molar-refractivity contribution in [2.45, 2.75) is 26.7 Å². The van der Waals surface area contributed by atoms with Crippen molar-refractivity contribution in [3.63, 3.8) is 0 Å². The molecule has 0 aromatic carbocycles. The third kappa shape index (κ3) is 2.94. The molecule has 1 aliphatic rings. The highest BCUT2D eigenvalue weighted by molar-refractivity contribution is 7.80. The van der Waals surface area contributed by atoms with Crippen LogP contribution in [-0.4, -0.2) is 28.9 Å². The molecule has 1 unspecified atom stereocenters. The Kier molecular flexibility index (Phi) is 3.86. The lowest BCUT2D eigenvalue weighted by Gasteiger charge is -2.23. The van der Waals surface area contributed by atoms with E-state index in [1.54, 1.807) is 6.92 Å². The minimum absolute atomic E-state index is 0.0758. The highest BCUT2D eigenvalue weighted by Crippen LogP contribution is 2.30. The molecule has 0 bridgehead atoms. The van der Waals surface area contributed by atoms with Gasteiger partial charge in [-0.25, -0.2) is 0 Å². The number of carbonyl (C=O) groups excluding carboxylic acids is 1. The molecule has 1 saturated carbocycles. The van der Waals surface area contributed by atoms with Crippen LogP contribution in [0.15, 0.2) is 0 Å². The molecular weight excluding hydrogens is 196 g/mol. The number of hydrogen-bond donors (Lipinski definition) is 1. The third-order valence-electron chi connectivity index (χ3n) is 2.67. The standard InChI is InChI=1S/C10H18N2OS/c1-3-12(6-8-4-5-8)10(13)7(2)9(11)14/h7-8H,3-6H2,1-2H3,(H2,11,14). The number of hydrogen-bond acceptors (Lipinski definition) is 2. The zero-order valence-corrected chi connectivity index (χ0v) is 9.64. The molecular formula is C10H18N2OS. The second kappa shape index (κ2) is 4.73. The van der Waals surface area contributed by atoms with Crippen LogP contribution in [-0.2, 0) is 4.79 Å². The fourth-order valence-electron chi connectivity index (χ4n) is 1.38. The highest BCUT2D eigenvalue weighted by atomic mass is 32.1. The van der Waals surface area contributed by atoms with Crippen molar-refractivity contribution in [1.29, 1.82) is 0 Å². The second-order valence-corrected chi connectivity index (χ2v) is 4.42. The number of thiocarbonyl (C=S) groups is 1. The minimum Gasteiger partial charge on any atom is -0.393 e. The molecule has 80 valence electrons. The van der Waals surface area contributed by atoms with Crippen LogP contribution in [0.5, 0.6) is 0 Å². The SMILES string of the molecule is CCN(CC1CC1)C(=O)C(C)C(N)=S. The van der Waals surface area contributed by atoms with E-state index in [-0.39, 0.29) is 11.8 Å². The number of rotatable bonds is 5. The van der Waals surface area contributed by atoms with Crippen LogP contribution in [0.2, 0.25) is 0 Å². The van der Waals surface area contributed by atoms with Gasteiger partial charge in [0.05, 0.1) is 10.9 Å². The number of amides is 1. The molecule has 0 aliphatic heterocycles. The summed E-state index contributed by atoms with van der Waals surface area (Å²) in [5.74, 6) is 0.480. The molecule has 3 nitrogen and oxygen atoms in total. The maximum absolute atomic E-state index is 11.8. The molecule has 0 saturated heterocycles. The first-order valence-corrected chi connectivity index (χ1v) is 5.55. The van der Waals surface area contributed by atoms with Gasteiger partial charge in [0.1, 0.15) is 0 Å². The number of nitrogens with zero attached hydrogens (tertiary/aromatic N) is 1. The van der Waals surface area contributed by atoms with Gasteiger partial charge in [-0.3, -0.25) is 4.79 Å². The van der Waals surface area contributed by atoms with E-state index < -0.39 is 0 Å². The molecule has 1 aliphatic carbocycles. The van der Waals surface area contributed by atoms with Gasteiger partial charge in [0, 0.05) is 13.1 Å². The monoisotopic (exact) mass is 214 g/mol. The van der Waals surface area contributed by atoms with E-state index in [9.17, 15) is 4.79 Å². The highest BCUT2D eigenvalue weighted by Gasteiger charge is 2.28. The molecule has 0 aromatic heterocycles. The predicted octanol–water partition coefficient (Wildman–Crippen LogP) is 1.17. The summed E-state index contributed by atoms with van der Waals surface area (Å²) in [5.41, 5.74) is 5.46. The van der Waals surface area contributed by atoms with Gasteiger partial charge in [-0.15, -0.1) is 0 Å². The molecule has 2 N–H and O–H groups in total. The van der Waals surface area contributed by atoms with E-state index in [0.29, 0.717) is 4.99 Å². The molecule has 4 heteroatoms. The lowest BCUT2D eigenvalue weighted by atomic mass is 10.1. The Bertz CT molecular complexity index is 238. The van der Waals surface area contributed by atoms with E-state index in [1.807, 2.05) is 11.8 Å². The van der Waals surface area contributed by atoms with Gasteiger partial charge < -0.3 is 10.6 Å². The van der Waals surface area contributed by atoms with Crippen LogP contribution in [0, 0.1) is 11.8 Å². The first kappa shape index (κ1) is 11.4. The summed E-state index contributed by atoms with van der Waals surface area (Å²) in [6, 6.07) is 0. The second-order valence-electron chi connectivity index (χ2n) is 3.94. The van der Waals surface area contributed by atoms with Gasteiger partial charge in [0.2, 0.25) is 5.91 Å². The minimum atomic E-state index is -0.316. The van der Waals surface area contributed by atoms with Crippen molar-refractivity contribution in [1.82, 2.24) is 4.90 Å². The molecule has 0 radical (unpaired) electrons. The average Bonchev–Trinajstić information content (AvgIpc) is 2.95. The Morgan fingerprint density at radius 2 is 2.21 bits per heavy atom. The third-order valence-corrected chi connectivity index (χ3v) is 3.02. The fraction of sp³-hybridized carbons (Fsp3) is 0.800. The van der Waals surface area contributed by atoms with Crippen LogP contribution in [0.3, 0.4) is 0 Å². The van der Waals surface area contributed by atoms with Crippen LogP contribution in [0.4, 0.5) is 0 Å². The van der Waals surface area contributed by atoms with E-state index in [1.165, 1.54) is 12.8 Å². The van der Waals surface area contributed by atoms with Crippen molar-refractivity contribution in [2.75, 3.05) is 13.1 Å². The molecule has 1 fully saturated rings. The lowest BCUT2D eigenvalue weighted by molar-refractivity contribution is -0.132. The summed E-state index contributed by atoms with van der Waals surface area (Å²) in [4.78, 5) is 14.0. The molecule has 0 aromatic rings. The normalized spacial score (nSPS) is 17.6. The van der Waals surface area contributed by atoms with E-state index in [2.05, 4.69) is 0 Å². The van der Waals surface area contributed by atoms with Crippen molar-refractivity contribution in [3.05, 3.63) is 0 Å². The Labute approximate surface area is 90.6 Å². The molecule has 1 rings (SSSR count). The van der Waals surface area contributed by atoms with Gasteiger partial charge in [0.25, 0.3) is 0 Å². The van der Waals surface area contributed by atoms with E-state index in [4.69, 9.17) is 18.0 Å². The number of nitrogens with two attached hydrogens (primary N) is 1. The zero-order chi connectivity index (χ0) is 10.7. The summed E-state index contributed by atoms with van der Waals surface area (Å²) in [6.45, 7) is 5.40. The van der Waals surface area contributed by atoms with Gasteiger partial charge >= 0.3 is 0 Å². The van der Waals surface area contributed by atoms with Gasteiger partial charge in [0.15, 0.2) is 0 Å². The van der Waals surface area contributed by atoms with Crippen LogP contribution in [0.1, 0.15) is 26.7 Å². The number of carbonyl (C=O) groups is 1. The van der Waals surface area contributed by atoms with Crippen LogP contribution in [0.25, 0.3) is 0 Å². The molecule has 0 spiro atoms. The van der Waals surface area contributed by atoms with Gasteiger partial charge in [-0.1, -0.05) is 12.2 Å². The van der Waals surface area contributed by atoms with Crippen molar-refractivity contribution in [2.24, 2.45) is 17.6 Å². The zero-order valence-electron chi connectivity index (χ0n) is 8.82. The summed E-state index contributed by atoms with van der Waals surface area (Å²) in [6.07, 6.45) is 2.51. The predicted molar refractivity (Wildman–Crippen MR) is 60.9 cm³/mol. The Morgan fingerprint density at radius 3 is 2.57 bits per heavy atom. The van der Waals surface area contributed by atoms with Crippen molar-refractivity contribution in [3.8, 4) is 0 Å². The average molecular weight is 214 g/mol. The van der Waals surface area contributed by atoms with Crippen LogP contribution < -0.4 is 5.73 Å². The quantitative estimate of drug-likeness (QED) is 0.699. The van der Waals surface area contributed by atoms with Gasteiger partial charge in [-0.2, -0.15) is 0 Å². The van der Waals surface area contributed by atoms with Crippen molar-refractivity contribution < 1.29 is 4.79 Å².